The molecule has 2 aromatic carbocycles. The van der Waals surface area contributed by atoms with Gasteiger partial charge in [0.1, 0.15) is 0 Å². The van der Waals surface area contributed by atoms with Gasteiger partial charge in [-0.2, -0.15) is 4.68 Å². The van der Waals surface area contributed by atoms with Crippen LogP contribution in [0.3, 0.4) is 0 Å². The summed E-state index contributed by atoms with van der Waals surface area (Å²) in [6.45, 7) is 1.87. The van der Waals surface area contributed by atoms with Crippen LogP contribution in [0.15, 0.2) is 42.5 Å². The lowest BCUT2D eigenvalue weighted by molar-refractivity contribution is 0.691. The molecular weight excluding hydrogens is 226 g/mol. The molecule has 0 radical (unpaired) electrons. The highest BCUT2D eigenvalue weighted by molar-refractivity contribution is 5.90. The van der Waals surface area contributed by atoms with Crippen molar-refractivity contribution in [3.63, 3.8) is 0 Å². The molecule has 5 heteroatoms. The number of fused-ring (bicyclic) bond motifs is 1. The summed E-state index contributed by atoms with van der Waals surface area (Å²) in [5.74, 6) is 0.659. The molecule has 0 aliphatic rings. The van der Waals surface area contributed by atoms with E-state index < -0.39 is 0 Å². The van der Waals surface area contributed by atoms with Crippen LogP contribution >= 0.6 is 0 Å². The van der Waals surface area contributed by atoms with E-state index in [1.165, 1.54) is 0 Å². The highest BCUT2D eigenvalue weighted by Crippen LogP contribution is 2.22. The Hall–Kier alpha value is -2.27. The van der Waals surface area contributed by atoms with Crippen LogP contribution in [-0.4, -0.2) is 20.2 Å². The lowest BCUT2D eigenvalue weighted by atomic mass is 10.1. The average molecular weight is 239 g/mol. The topological polar surface area (TPSA) is 69.6 Å². The summed E-state index contributed by atoms with van der Waals surface area (Å²) < 4.78 is 1.70. The second-order valence-corrected chi connectivity index (χ2v) is 4.24. The molecule has 0 spiro atoms. The zero-order valence-electron chi connectivity index (χ0n) is 9.99. The summed E-state index contributed by atoms with van der Waals surface area (Å²) >= 11 is 0. The van der Waals surface area contributed by atoms with Crippen LogP contribution in [0.5, 0.6) is 0 Å². The molecule has 0 bridgehead atoms. The van der Waals surface area contributed by atoms with Gasteiger partial charge in [0.15, 0.2) is 5.82 Å². The smallest absolute Gasteiger partial charge is 0.173 e. The van der Waals surface area contributed by atoms with Gasteiger partial charge in [-0.3, -0.25) is 0 Å². The number of hydrogen-bond donors (Lipinski definition) is 1. The van der Waals surface area contributed by atoms with Crippen molar-refractivity contribution in [3.8, 4) is 5.69 Å². The van der Waals surface area contributed by atoms with E-state index in [0.717, 1.165) is 16.5 Å². The standard InChI is InChI=1S/C13H13N5/c1-9(14)13-15-16-17-18(13)12-8-4-6-10-5-2-3-7-11(10)12/h2-9H,14H2,1H3. The third kappa shape index (κ3) is 1.65. The predicted octanol–water partition coefficient (Wildman–Crippen LogP) is 1.84. The van der Waals surface area contributed by atoms with E-state index in [1.807, 2.05) is 31.2 Å². The first-order chi connectivity index (χ1) is 8.77. The number of rotatable bonds is 2. The maximum absolute atomic E-state index is 5.88. The summed E-state index contributed by atoms with van der Waals surface area (Å²) in [6, 6.07) is 14.0. The molecule has 1 heterocycles. The largest absolute Gasteiger partial charge is 0.321 e. The Kier molecular flexibility index (Phi) is 2.53. The van der Waals surface area contributed by atoms with Crippen LogP contribution in [0, 0.1) is 0 Å². The minimum atomic E-state index is -0.209. The van der Waals surface area contributed by atoms with Gasteiger partial charge >= 0.3 is 0 Å². The van der Waals surface area contributed by atoms with Gasteiger partial charge in [-0.15, -0.1) is 5.10 Å². The van der Waals surface area contributed by atoms with Crippen molar-refractivity contribution in [2.24, 2.45) is 5.73 Å². The zero-order chi connectivity index (χ0) is 12.5. The fourth-order valence-electron chi connectivity index (χ4n) is 2.04. The molecular formula is C13H13N5. The van der Waals surface area contributed by atoms with Gasteiger partial charge in [-0.1, -0.05) is 36.4 Å². The first-order valence-electron chi connectivity index (χ1n) is 5.79. The minimum absolute atomic E-state index is 0.209. The van der Waals surface area contributed by atoms with Crippen molar-refractivity contribution in [3.05, 3.63) is 48.3 Å². The Morgan fingerprint density at radius 1 is 1.11 bits per heavy atom. The summed E-state index contributed by atoms with van der Waals surface area (Å²) in [5.41, 5.74) is 6.83. The Morgan fingerprint density at radius 3 is 2.72 bits per heavy atom. The van der Waals surface area contributed by atoms with Crippen molar-refractivity contribution in [2.45, 2.75) is 13.0 Å². The van der Waals surface area contributed by atoms with Gasteiger partial charge in [-0.25, -0.2) is 0 Å². The van der Waals surface area contributed by atoms with Crippen molar-refractivity contribution in [2.75, 3.05) is 0 Å². The van der Waals surface area contributed by atoms with E-state index in [2.05, 4.69) is 33.7 Å². The normalized spacial score (nSPS) is 12.8. The fourth-order valence-corrected chi connectivity index (χ4v) is 2.04. The number of aromatic nitrogens is 4. The molecule has 5 nitrogen and oxygen atoms in total. The molecule has 0 aliphatic carbocycles. The first kappa shape index (κ1) is 10.9. The van der Waals surface area contributed by atoms with Crippen LogP contribution in [0.4, 0.5) is 0 Å². The third-order valence-corrected chi connectivity index (χ3v) is 2.90. The van der Waals surface area contributed by atoms with Crippen molar-refractivity contribution in [1.82, 2.24) is 20.2 Å². The van der Waals surface area contributed by atoms with E-state index in [1.54, 1.807) is 4.68 Å². The van der Waals surface area contributed by atoms with Crippen LogP contribution in [0.1, 0.15) is 18.8 Å². The fraction of sp³-hybridized carbons (Fsp3) is 0.154. The van der Waals surface area contributed by atoms with Crippen LogP contribution in [-0.2, 0) is 0 Å². The van der Waals surface area contributed by atoms with Crippen LogP contribution in [0.25, 0.3) is 16.5 Å². The molecule has 1 unspecified atom stereocenters. The van der Waals surface area contributed by atoms with E-state index in [0.29, 0.717) is 5.82 Å². The molecule has 0 saturated carbocycles. The molecule has 0 fully saturated rings. The van der Waals surface area contributed by atoms with E-state index in [-0.39, 0.29) is 6.04 Å². The molecule has 0 amide bonds. The molecule has 1 aromatic heterocycles. The Bertz CT molecular complexity index is 681. The van der Waals surface area contributed by atoms with Gasteiger partial charge in [0.25, 0.3) is 0 Å². The lowest BCUT2D eigenvalue weighted by Crippen LogP contribution is -2.13. The van der Waals surface area contributed by atoms with Gasteiger partial charge in [0.05, 0.1) is 11.7 Å². The van der Waals surface area contributed by atoms with E-state index >= 15 is 0 Å². The van der Waals surface area contributed by atoms with Crippen molar-refractivity contribution in [1.29, 1.82) is 0 Å². The van der Waals surface area contributed by atoms with E-state index in [9.17, 15) is 0 Å². The quantitative estimate of drug-likeness (QED) is 0.740. The summed E-state index contributed by atoms with van der Waals surface area (Å²) in [7, 11) is 0. The molecule has 0 saturated heterocycles. The lowest BCUT2D eigenvalue weighted by Gasteiger charge is -2.09. The number of nitrogens with two attached hydrogens (primary N) is 1. The number of hydrogen-bond acceptors (Lipinski definition) is 4. The van der Waals surface area contributed by atoms with Crippen molar-refractivity contribution < 1.29 is 0 Å². The molecule has 90 valence electrons. The second-order valence-electron chi connectivity index (χ2n) is 4.24. The SMILES string of the molecule is CC(N)c1nnnn1-c1cccc2ccccc12. The molecule has 3 aromatic rings. The highest BCUT2D eigenvalue weighted by Gasteiger charge is 2.13. The number of benzene rings is 2. The Morgan fingerprint density at radius 2 is 1.89 bits per heavy atom. The molecule has 18 heavy (non-hydrogen) atoms. The molecule has 0 aliphatic heterocycles. The van der Waals surface area contributed by atoms with Gasteiger partial charge in [-0.05, 0) is 28.8 Å². The first-order valence-corrected chi connectivity index (χ1v) is 5.79. The second kappa shape index (κ2) is 4.19. The molecule has 3 rings (SSSR count). The van der Waals surface area contributed by atoms with Crippen molar-refractivity contribution >= 4 is 10.8 Å². The number of tetrazole rings is 1. The van der Waals surface area contributed by atoms with Gasteiger partial charge in [0.2, 0.25) is 0 Å². The maximum atomic E-state index is 5.88. The third-order valence-electron chi connectivity index (χ3n) is 2.90. The summed E-state index contributed by atoms with van der Waals surface area (Å²) in [4.78, 5) is 0. The summed E-state index contributed by atoms with van der Waals surface area (Å²) in [5, 5.41) is 14.0. The van der Waals surface area contributed by atoms with E-state index in [4.69, 9.17) is 5.73 Å². The molecule has 1 atom stereocenters. The van der Waals surface area contributed by atoms with Crippen LogP contribution in [0.2, 0.25) is 0 Å². The zero-order valence-corrected chi connectivity index (χ0v) is 9.99. The van der Waals surface area contributed by atoms with Gasteiger partial charge in [0, 0.05) is 5.39 Å². The Balaban J connectivity index is 2.28. The Labute approximate surface area is 104 Å². The summed E-state index contributed by atoms with van der Waals surface area (Å²) in [6.07, 6.45) is 0. The monoisotopic (exact) mass is 239 g/mol. The predicted molar refractivity (Wildman–Crippen MR) is 69.3 cm³/mol. The van der Waals surface area contributed by atoms with Crippen LogP contribution < -0.4 is 5.73 Å². The average Bonchev–Trinajstić information content (AvgIpc) is 2.87. The maximum Gasteiger partial charge on any atom is 0.173 e. The molecule has 2 N–H and O–H groups in total. The minimum Gasteiger partial charge on any atom is -0.321 e. The highest BCUT2D eigenvalue weighted by atomic mass is 15.5. The number of nitrogens with zero attached hydrogens (tertiary/aromatic N) is 4. The van der Waals surface area contributed by atoms with Gasteiger partial charge < -0.3 is 5.73 Å².